The van der Waals surface area contributed by atoms with Gasteiger partial charge in [0, 0.05) is 23.6 Å². The smallest absolute Gasteiger partial charge is 0.136 e. The van der Waals surface area contributed by atoms with E-state index in [1.807, 2.05) is 31.2 Å². The minimum absolute atomic E-state index is 0.0194. The van der Waals surface area contributed by atoms with Crippen molar-refractivity contribution in [3.05, 3.63) is 46.8 Å². The van der Waals surface area contributed by atoms with Gasteiger partial charge in [-0.05, 0) is 38.5 Å². The first-order valence-corrected chi connectivity index (χ1v) is 7.75. The highest BCUT2D eigenvalue weighted by atomic mass is 16.5. The summed E-state index contributed by atoms with van der Waals surface area (Å²) >= 11 is 0. The number of hydrogen-bond donors (Lipinski definition) is 2. The molecule has 122 valence electrons. The maximum atomic E-state index is 12.4. The first-order valence-electron chi connectivity index (χ1n) is 7.75. The number of H-pyrrole nitrogens is 1. The van der Waals surface area contributed by atoms with Crippen molar-refractivity contribution in [3.8, 4) is 5.75 Å². The number of hydrogen-bond acceptors (Lipinski definition) is 4. The van der Waals surface area contributed by atoms with Crippen LogP contribution < -0.4 is 4.74 Å². The number of carbonyl (C=O) groups is 1. The third kappa shape index (κ3) is 2.55. The zero-order valence-electron chi connectivity index (χ0n) is 13.9. The predicted octanol–water partition coefficient (Wildman–Crippen LogP) is 2.37. The molecule has 5 heteroatoms. The van der Waals surface area contributed by atoms with Crippen LogP contribution >= 0.6 is 0 Å². The van der Waals surface area contributed by atoms with Gasteiger partial charge < -0.3 is 9.84 Å². The van der Waals surface area contributed by atoms with Gasteiger partial charge in [0.25, 0.3) is 0 Å². The first-order chi connectivity index (χ1) is 10.8. The van der Waals surface area contributed by atoms with Crippen LogP contribution in [-0.4, -0.2) is 33.8 Å². The monoisotopic (exact) mass is 314 g/mol. The van der Waals surface area contributed by atoms with E-state index >= 15 is 0 Å². The van der Waals surface area contributed by atoms with Crippen LogP contribution in [0.3, 0.4) is 0 Å². The van der Waals surface area contributed by atoms with E-state index in [0.29, 0.717) is 6.42 Å². The molecule has 0 fully saturated rings. The summed E-state index contributed by atoms with van der Waals surface area (Å²) in [4.78, 5) is 12.4. The minimum atomic E-state index is -1.13. The number of Topliss-reactive ketones (excluding diaryl/α,β-unsaturated/α-hetero) is 1. The predicted molar refractivity (Wildman–Crippen MR) is 86.7 cm³/mol. The molecule has 1 heterocycles. The van der Waals surface area contributed by atoms with E-state index in [-0.39, 0.29) is 11.7 Å². The Labute approximate surface area is 135 Å². The number of methoxy groups -OCH3 is 1. The van der Waals surface area contributed by atoms with Crippen LogP contribution in [0.1, 0.15) is 42.3 Å². The largest absolute Gasteiger partial charge is 0.497 e. The highest BCUT2D eigenvalue weighted by Crippen LogP contribution is 2.47. The number of aromatic amines is 1. The lowest BCUT2D eigenvalue weighted by Crippen LogP contribution is -2.48. The molecule has 0 bridgehead atoms. The lowest BCUT2D eigenvalue weighted by atomic mass is 9.64. The van der Waals surface area contributed by atoms with Gasteiger partial charge in [0.05, 0.1) is 24.3 Å². The van der Waals surface area contributed by atoms with Gasteiger partial charge in [0.1, 0.15) is 11.5 Å². The number of rotatable bonds is 3. The number of nitrogens with one attached hydrogen (secondary N) is 1. The number of aromatic nitrogens is 2. The standard InChI is InChI=1S/C18H22N2O3/c1-10-15-14(20-19-10)9-18(3,22)17(11(2)21)16(15)12-6-5-7-13(8-12)23-4/h5-8,16-17,22H,9H2,1-4H3,(H,19,20)/t16-,17+,18-/m1/s1. The lowest BCUT2D eigenvalue weighted by molar-refractivity contribution is -0.130. The number of aliphatic hydroxyl groups is 1. The molecule has 1 aliphatic rings. The highest BCUT2D eigenvalue weighted by Gasteiger charge is 2.48. The van der Waals surface area contributed by atoms with Crippen LogP contribution in [0.15, 0.2) is 24.3 Å². The summed E-state index contributed by atoms with van der Waals surface area (Å²) in [6, 6.07) is 7.68. The van der Waals surface area contributed by atoms with E-state index in [1.54, 1.807) is 21.0 Å². The average Bonchev–Trinajstić information content (AvgIpc) is 2.85. The minimum Gasteiger partial charge on any atom is -0.497 e. The molecule has 0 unspecified atom stereocenters. The topological polar surface area (TPSA) is 75.2 Å². The molecule has 2 aromatic rings. The molecule has 0 saturated carbocycles. The molecule has 23 heavy (non-hydrogen) atoms. The number of benzene rings is 1. The third-order valence-corrected chi connectivity index (χ3v) is 4.80. The molecular formula is C18H22N2O3. The Hall–Kier alpha value is -2.14. The third-order valence-electron chi connectivity index (χ3n) is 4.80. The second-order valence-electron chi connectivity index (χ2n) is 6.59. The summed E-state index contributed by atoms with van der Waals surface area (Å²) in [5, 5.41) is 18.3. The van der Waals surface area contributed by atoms with E-state index in [9.17, 15) is 9.90 Å². The summed E-state index contributed by atoms with van der Waals surface area (Å²) in [7, 11) is 1.62. The molecule has 3 rings (SSSR count). The second-order valence-corrected chi connectivity index (χ2v) is 6.59. The first kappa shape index (κ1) is 15.7. The Kier molecular flexibility index (Phi) is 3.76. The maximum Gasteiger partial charge on any atom is 0.136 e. The van der Waals surface area contributed by atoms with E-state index in [0.717, 1.165) is 28.3 Å². The van der Waals surface area contributed by atoms with Crippen LogP contribution in [0.4, 0.5) is 0 Å². The average molecular weight is 314 g/mol. The van der Waals surface area contributed by atoms with E-state index in [4.69, 9.17) is 4.74 Å². The van der Waals surface area contributed by atoms with Crippen molar-refractivity contribution in [1.29, 1.82) is 0 Å². The Morgan fingerprint density at radius 2 is 2.22 bits per heavy atom. The number of nitrogens with zero attached hydrogens (tertiary/aromatic N) is 1. The molecule has 0 spiro atoms. The summed E-state index contributed by atoms with van der Waals surface area (Å²) in [5.41, 5.74) is 2.61. The van der Waals surface area contributed by atoms with Gasteiger partial charge in [0.2, 0.25) is 0 Å². The number of ether oxygens (including phenoxy) is 1. The number of ketones is 1. The molecule has 3 atom stereocenters. The van der Waals surface area contributed by atoms with Crippen LogP contribution in [0.5, 0.6) is 5.75 Å². The molecular weight excluding hydrogens is 292 g/mol. The van der Waals surface area contributed by atoms with E-state index in [1.165, 1.54) is 0 Å². The van der Waals surface area contributed by atoms with Gasteiger partial charge in [-0.15, -0.1) is 0 Å². The zero-order valence-corrected chi connectivity index (χ0v) is 13.9. The van der Waals surface area contributed by atoms with Crippen molar-refractivity contribution < 1.29 is 14.6 Å². The Morgan fingerprint density at radius 3 is 2.87 bits per heavy atom. The molecule has 5 nitrogen and oxygen atoms in total. The van der Waals surface area contributed by atoms with E-state index < -0.39 is 11.5 Å². The van der Waals surface area contributed by atoms with Crippen LogP contribution in [0.25, 0.3) is 0 Å². The molecule has 1 aliphatic carbocycles. The van der Waals surface area contributed by atoms with Crippen molar-refractivity contribution in [2.75, 3.05) is 7.11 Å². The zero-order chi connectivity index (χ0) is 16.8. The molecule has 0 radical (unpaired) electrons. The SMILES string of the molecule is COc1cccc([C@@H]2c3c(n[nH]c3C)C[C@@](C)(O)[C@H]2C(C)=O)c1. The Morgan fingerprint density at radius 1 is 1.48 bits per heavy atom. The Bertz CT molecular complexity index is 748. The van der Waals surface area contributed by atoms with Crippen LogP contribution in [-0.2, 0) is 11.2 Å². The van der Waals surface area contributed by atoms with Gasteiger partial charge in [-0.25, -0.2) is 0 Å². The lowest BCUT2D eigenvalue weighted by Gasteiger charge is -2.41. The van der Waals surface area contributed by atoms with Crippen molar-refractivity contribution >= 4 is 5.78 Å². The quantitative estimate of drug-likeness (QED) is 0.912. The normalized spacial score (nSPS) is 26.7. The van der Waals surface area contributed by atoms with Crippen LogP contribution in [0, 0.1) is 12.8 Å². The summed E-state index contributed by atoms with van der Waals surface area (Å²) in [6.45, 7) is 5.22. The maximum absolute atomic E-state index is 12.4. The molecule has 1 aromatic carbocycles. The summed E-state index contributed by atoms with van der Waals surface area (Å²) in [5.74, 6) is -0.0368. The van der Waals surface area contributed by atoms with E-state index in [2.05, 4.69) is 10.2 Å². The van der Waals surface area contributed by atoms with Crippen molar-refractivity contribution in [3.63, 3.8) is 0 Å². The molecule has 1 aromatic heterocycles. The number of aryl methyl sites for hydroxylation is 1. The van der Waals surface area contributed by atoms with Gasteiger partial charge >= 0.3 is 0 Å². The fraction of sp³-hybridized carbons (Fsp3) is 0.444. The fourth-order valence-electron chi connectivity index (χ4n) is 3.88. The fourth-order valence-corrected chi connectivity index (χ4v) is 3.88. The summed E-state index contributed by atoms with van der Waals surface area (Å²) < 4.78 is 5.32. The molecule has 0 saturated heterocycles. The number of fused-ring (bicyclic) bond motifs is 1. The highest BCUT2D eigenvalue weighted by molar-refractivity contribution is 5.82. The van der Waals surface area contributed by atoms with Crippen molar-refractivity contribution in [1.82, 2.24) is 10.2 Å². The van der Waals surface area contributed by atoms with Crippen molar-refractivity contribution in [2.24, 2.45) is 5.92 Å². The second kappa shape index (κ2) is 5.49. The van der Waals surface area contributed by atoms with Crippen molar-refractivity contribution in [2.45, 2.75) is 38.7 Å². The van der Waals surface area contributed by atoms with Crippen LogP contribution in [0.2, 0.25) is 0 Å². The van der Waals surface area contributed by atoms with Gasteiger partial charge in [-0.3, -0.25) is 9.89 Å². The Balaban J connectivity index is 2.23. The number of carbonyl (C=O) groups excluding carboxylic acids is 1. The van der Waals surface area contributed by atoms with Gasteiger partial charge in [-0.2, -0.15) is 5.10 Å². The molecule has 0 amide bonds. The van der Waals surface area contributed by atoms with Gasteiger partial charge in [0.15, 0.2) is 0 Å². The molecule has 0 aliphatic heterocycles. The summed E-state index contributed by atoms with van der Waals surface area (Å²) in [6.07, 6.45) is 0.372. The molecule has 2 N–H and O–H groups in total. The van der Waals surface area contributed by atoms with Gasteiger partial charge in [-0.1, -0.05) is 12.1 Å².